The lowest BCUT2D eigenvalue weighted by atomic mass is 9.81. The molecule has 3 aromatic carbocycles. The van der Waals surface area contributed by atoms with Crippen molar-refractivity contribution in [1.29, 1.82) is 0 Å². The van der Waals surface area contributed by atoms with E-state index in [4.69, 9.17) is 0 Å². The minimum absolute atomic E-state index is 0.0315. The average Bonchev–Trinajstić information content (AvgIpc) is 2.86. The SMILES string of the molecule is C[NH2+]C1(C)c2ccccc2CC(CCc2ccc(C(C)(C)C)cc2)c2ccccc21. The lowest BCUT2D eigenvalue weighted by molar-refractivity contribution is -0.698. The van der Waals surface area contributed by atoms with E-state index in [2.05, 4.69) is 113 Å². The van der Waals surface area contributed by atoms with E-state index in [0.717, 1.165) is 12.8 Å². The maximum atomic E-state index is 2.39. The van der Waals surface area contributed by atoms with Crippen molar-refractivity contribution in [2.24, 2.45) is 0 Å². The molecule has 0 saturated heterocycles. The molecule has 2 atom stereocenters. The summed E-state index contributed by atoms with van der Waals surface area (Å²) in [5, 5.41) is 2.39. The van der Waals surface area contributed by atoms with E-state index >= 15 is 0 Å². The molecule has 2 N–H and O–H groups in total. The van der Waals surface area contributed by atoms with Gasteiger partial charge in [-0.05, 0) is 59.8 Å². The Labute approximate surface area is 182 Å². The van der Waals surface area contributed by atoms with Crippen LogP contribution in [-0.4, -0.2) is 7.05 Å². The fourth-order valence-electron chi connectivity index (χ4n) is 5.13. The summed E-state index contributed by atoms with van der Waals surface area (Å²) >= 11 is 0. The molecule has 156 valence electrons. The maximum absolute atomic E-state index is 2.39. The predicted molar refractivity (Wildman–Crippen MR) is 127 cm³/mol. The maximum Gasteiger partial charge on any atom is 0.145 e. The van der Waals surface area contributed by atoms with Crippen LogP contribution in [0.1, 0.15) is 73.4 Å². The van der Waals surface area contributed by atoms with Gasteiger partial charge >= 0.3 is 0 Å². The molecule has 0 spiro atoms. The van der Waals surface area contributed by atoms with E-state index in [1.165, 1.54) is 39.8 Å². The molecular weight excluding hydrogens is 362 g/mol. The van der Waals surface area contributed by atoms with Crippen LogP contribution in [0.2, 0.25) is 0 Å². The van der Waals surface area contributed by atoms with Gasteiger partial charge in [-0.2, -0.15) is 0 Å². The van der Waals surface area contributed by atoms with Crippen LogP contribution in [0.5, 0.6) is 0 Å². The highest BCUT2D eigenvalue weighted by molar-refractivity contribution is 5.48. The largest absolute Gasteiger partial charge is 0.336 e. The van der Waals surface area contributed by atoms with Gasteiger partial charge in [-0.15, -0.1) is 0 Å². The standard InChI is InChI=1S/C29H35N/c1-28(2,3)24-18-15-21(16-19-24)14-17-22-20-23-10-6-8-12-26(23)29(4,30-5)27-13-9-7-11-25(22)27/h6-13,15-16,18-19,22,30H,14,17,20H2,1-5H3/p+1. The number of fused-ring (bicyclic) bond motifs is 2. The van der Waals surface area contributed by atoms with Gasteiger partial charge in [0.15, 0.2) is 0 Å². The van der Waals surface area contributed by atoms with E-state index in [-0.39, 0.29) is 11.0 Å². The quantitative estimate of drug-likeness (QED) is 0.579. The molecular formula is C29H36N+. The Bertz CT molecular complexity index is 1010. The highest BCUT2D eigenvalue weighted by Gasteiger charge is 2.39. The Morgan fingerprint density at radius 3 is 2.17 bits per heavy atom. The van der Waals surface area contributed by atoms with E-state index in [9.17, 15) is 0 Å². The number of hydrogen-bond donors (Lipinski definition) is 1. The smallest absolute Gasteiger partial charge is 0.145 e. The lowest BCUT2D eigenvalue weighted by Crippen LogP contribution is -2.91. The van der Waals surface area contributed by atoms with Gasteiger partial charge in [0.2, 0.25) is 0 Å². The Kier molecular flexibility index (Phi) is 5.59. The summed E-state index contributed by atoms with van der Waals surface area (Å²) in [5.74, 6) is 0.548. The summed E-state index contributed by atoms with van der Waals surface area (Å²) in [7, 11) is 2.21. The van der Waals surface area contributed by atoms with Crippen LogP contribution >= 0.6 is 0 Å². The van der Waals surface area contributed by atoms with Crippen molar-refractivity contribution in [2.45, 2.75) is 63.8 Å². The third-order valence-corrected chi connectivity index (χ3v) is 7.18. The molecule has 0 bridgehead atoms. The molecule has 4 rings (SSSR count). The van der Waals surface area contributed by atoms with Gasteiger partial charge in [0.05, 0.1) is 7.05 Å². The number of quaternary nitrogens is 1. The topological polar surface area (TPSA) is 16.6 Å². The van der Waals surface area contributed by atoms with Crippen molar-refractivity contribution in [3.63, 3.8) is 0 Å². The van der Waals surface area contributed by atoms with Crippen molar-refractivity contribution in [1.82, 2.24) is 0 Å². The zero-order chi connectivity index (χ0) is 21.4. The van der Waals surface area contributed by atoms with Gasteiger partial charge in [-0.25, -0.2) is 0 Å². The molecule has 1 aliphatic carbocycles. The second-order valence-corrected chi connectivity index (χ2v) is 10.1. The molecule has 0 aliphatic heterocycles. The van der Waals surface area contributed by atoms with Gasteiger partial charge < -0.3 is 5.32 Å². The molecule has 0 radical (unpaired) electrons. The molecule has 0 amide bonds. The summed E-state index contributed by atoms with van der Waals surface area (Å²) in [6.45, 7) is 9.23. The monoisotopic (exact) mass is 398 g/mol. The summed E-state index contributed by atoms with van der Waals surface area (Å²) in [6.07, 6.45) is 3.43. The van der Waals surface area contributed by atoms with Crippen LogP contribution in [0.3, 0.4) is 0 Å². The Hall–Kier alpha value is -2.38. The molecule has 0 saturated carbocycles. The van der Waals surface area contributed by atoms with Gasteiger partial charge in [0.25, 0.3) is 0 Å². The Morgan fingerprint density at radius 1 is 0.867 bits per heavy atom. The van der Waals surface area contributed by atoms with E-state index in [1.807, 2.05) is 0 Å². The number of benzene rings is 3. The van der Waals surface area contributed by atoms with Crippen LogP contribution in [0.25, 0.3) is 0 Å². The fraction of sp³-hybridized carbons (Fsp3) is 0.379. The number of nitrogens with two attached hydrogens (primary N) is 1. The predicted octanol–water partition coefficient (Wildman–Crippen LogP) is 5.71. The Morgan fingerprint density at radius 2 is 1.50 bits per heavy atom. The van der Waals surface area contributed by atoms with E-state index in [0.29, 0.717) is 5.92 Å². The van der Waals surface area contributed by atoms with E-state index < -0.39 is 0 Å². The molecule has 1 nitrogen and oxygen atoms in total. The van der Waals surface area contributed by atoms with Gasteiger partial charge in [0, 0.05) is 11.1 Å². The lowest BCUT2D eigenvalue weighted by Gasteiger charge is -2.29. The van der Waals surface area contributed by atoms with Crippen LogP contribution < -0.4 is 5.32 Å². The zero-order valence-corrected chi connectivity index (χ0v) is 19.2. The number of aryl methyl sites for hydroxylation is 1. The summed E-state index contributed by atoms with van der Waals surface area (Å²) in [4.78, 5) is 0. The van der Waals surface area contributed by atoms with Crippen LogP contribution in [-0.2, 0) is 23.8 Å². The highest BCUT2D eigenvalue weighted by Crippen LogP contribution is 2.41. The van der Waals surface area contributed by atoms with Crippen molar-refractivity contribution >= 4 is 0 Å². The molecule has 0 aromatic heterocycles. The fourth-order valence-corrected chi connectivity index (χ4v) is 5.13. The van der Waals surface area contributed by atoms with E-state index in [1.54, 1.807) is 0 Å². The first-order valence-corrected chi connectivity index (χ1v) is 11.4. The first-order chi connectivity index (χ1) is 14.3. The van der Waals surface area contributed by atoms with Crippen LogP contribution in [0.15, 0.2) is 72.8 Å². The van der Waals surface area contributed by atoms with Crippen LogP contribution in [0.4, 0.5) is 0 Å². The minimum atomic E-state index is -0.0315. The second-order valence-electron chi connectivity index (χ2n) is 10.1. The first kappa shape index (κ1) is 20.9. The molecule has 1 aliphatic rings. The molecule has 3 aromatic rings. The number of rotatable bonds is 4. The van der Waals surface area contributed by atoms with Crippen molar-refractivity contribution in [3.8, 4) is 0 Å². The van der Waals surface area contributed by atoms with Gasteiger partial charge in [-0.1, -0.05) is 93.6 Å². The number of hydrogen-bond acceptors (Lipinski definition) is 0. The second kappa shape index (κ2) is 8.04. The van der Waals surface area contributed by atoms with Gasteiger partial charge in [-0.3, -0.25) is 0 Å². The average molecular weight is 399 g/mol. The molecule has 0 heterocycles. The van der Waals surface area contributed by atoms with Crippen molar-refractivity contribution in [3.05, 3.63) is 106 Å². The zero-order valence-electron chi connectivity index (χ0n) is 19.2. The molecule has 0 fully saturated rings. The third kappa shape index (κ3) is 3.84. The normalized spacial score (nSPS) is 20.9. The molecule has 30 heavy (non-hydrogen) atoms. The Balaban J connectivity index is 1.66. The highest BCUT2D eigenvalue weighted by atomic mass is 14.9. The first-order valence-electron chi connectivity index (χ1n) is 11.4. The summed E-state index contributed by atoms with van der Waals surface area (Å²) < 4.78 is 0. The summed E-state index contributed by atoms with van der Waals surface area (Å²) in [5.41, 5.74) is 9.02. The van der Waals surface area contributed by atoms with Gasteiger partial charge in [0.1, 0.15) is 5.54 Å². The third-order valence-electron chi connectivity index (χ3n) is 7.18. The van der Waals surface area contributed by atoms with Crippen molar-refractivity contribution < 1.29 is 5.32 Å². The molecule has 2 unspecified atom stereocenters. The van der Waals surface area contributed by atoms with Crippen LogP contribution in [0, 0.1) is 0 Å². The van der Waals surface area contributed by atoms with Crippen molar-refractivity contribution in [2.75, 3.05) is 7.05 Å². The molecule has 1 heteroatoms. The summed E-state index contributed by atoms with van der Waals surface area (Å²) in [6, 6.07) is 27.5. The minimum Gasteiger partial charge on any atom is -0.336 e.